The fourth-order valence-corrected chi connectivity index (χ4v) is 2.84. The molecule has 1 aliphatic rings. The van der Waals surface area contributed by atoms with E-state index in [1.54, 1.807) is 12.1 Å². The monoisotopic (exact) mass is 249 g/mol. The molecule has 0 saturated heterocycles. The highest BCUT2D eigenvalue weighted by atomic mass is 19.1. The second-order valence-electron chi connectivity index (χ2n) is 6.77. The molecule has 18 heavy (non-hydrogen) atoms. The summed E-state index contributed by atoms with van der Waals surface area (Å²) in [6.45, 7) is 6.60. The van der Waals surface area contributed by atoms with E-state index in [1.165, 1.54) is 18.4 Å². The summed E-state index contributed by atoms with van der Waals surface area (Å²) in [4.78, 5) is 0. The number of hydrogen-bond donors (Lipinski definition) is 1. The van der Waals surface area contributed by atoms with Crippen molar-refractivity contribution in [1.82, 2.24) is 0 Å². The third kappa shape index (κ3) is 3.11. The molecule has 1 nitrogen and oxygen atoms in total. The highest BCUT2D eigenvalue weighted by molar-refractivity contribution is 5.28. The van der Waals surface area contributed by atoms with Crippen LogP contribution in [0.25, 0.3) is 0 Å². The van der Waals surface area contributed by atoms with E-state index in [0.717, 1.165) is 24.8 Å². The summed E-state index contributed by atoms with van der Waals surface area (Å²) in [5, 5.41) is 0. The SMILES string of the molecule is Cc1cc(F)ccc1CC1(N)CCC(C)(C)CC1. The molecule has 0 amide bonds. The van der Waals surface area contributed by atoms with Gasteiger partial charge in [-0.2, -0.15) is 0 Å². The first-order valence-corrected chi connectivity index (χ1v) is 6.84. The molecule has 0 radical (unpaired) electrons. The van der Waals surface area contributed by atoms with Gasteiger partial charge in [0.2, 0.25) is 0 Å². The molecule has 1 fully saturated rings. The topological polar surface area (TPSA) is 26.0 Å². The van der Waals surface area contributed by atoms with Gasteiger partial charge in [0.15, 0.2) is 0 Å². The molecule has 0 heterocycles. The summed E-state index contributed by atoms with van der Waals surface area (Å²) in [7, 11) is 0. The first-order chi connectivity index (χ1) is 8.30. The van der Waals surface area contributed by atoms with Crippen molar-refractivity contribution in [2.24, 2.45) is 11.1 Å². The Balaban J connectivity index is 2.09. The molecular weight excluding hydrogens is 225 g/mol. The molecule has 2 N–H and O–H groups in total. The number of aryl methyl sites for hydroxylation is 1. The van der Waals surface area contributed by atoms with Crippen molar-refractivity contribution in [3.63, 3.8) is 0 Å². The summed E-state index contributed by atoms with van der Waals surface area (Å²) in [5.41, 5.74) is 9.07. The number of halogens is 1. The third-order valence-electron chi connectivity index (χ3n) is 4.45. The highest BCUT2D eigenvalue weighted by Gasteiger charge is 2.35. The standard InChI is InChI=1S/C16H24FN/c1-12-10-14(17)5-4-13(12)11-16(18)8-6-15(2,3)7-9-16/h4-5,10H,6-9,11,18H2,1-3H3. The molecule has 0 aliphatic heterocycles. The maximum atomic E-state index is 13.1. The minimum Gasteiger partial charge on any atom is -0.325 e. The second kappa shape index (κ2) is 4.65. The van der Waals surface area contributed by atoms with Gasteiger partial charge in [0.25, 0.3) is 0 Å². The van der Waals surface area contributed by atoms with E-state index in [4.69, 9.17) is 5.73 Å². The number of rotatable bonds is 2. The van der Waals surface area contributed by atoms with Gasteiger partial charge < -0.3 is 5.73 Å². The van der Waals surface area contributed by atoms with Gasteiger partial charge in [-0.25, -0.2) is 4.39 Å². The van der Waals surface area contributed by atoms with Gasteiger partial charge in [0.1, 0.15) is 5.82 Å². The van der Waals surface area contributed by atoms with E-state index in [1.807, 2.05) is 13.0 Å². The van der Waals surface area contributed by atoms with Crippen LogP contribution in [0.15, 0.2) is 18.2 Å². The molecule has 2 rings (SSSR count). The predicted molar refractivity (Wildman–Crippen MR) is 74.0 cm³/mol. The summed E-state index contributed by atoms with van der Waals surface area (Å²) < 4.78 is 13.1. The number of hydrogen-bond acceptors (Lipinski definition) is 1. The smallest absolute Gasteiger partial charge is 0.123 e. The lowest BCUT2D eigenvalue weighted by atomic mass is 9.68. The Bertz CT molecular complexity index is 427. The van der Waals surface area contributed by atoms with Gasteiger partial charge in [-0.15, -0.1) is 0 Å². The van der Waals surface area contributed by atoms with Gasteiger partial charge >= 0.3 is 0 Å². The molecular formula is C16H24FN. The highest BCUT2D eigenvalue weighted by Crippen LogP contribution is 2.40. The summed E-state index contributed by atoms with van der Waals surface area (Å²) >= 11 is 0. The summed E-state index contributed by atoms with van der Waals surface area (Å²) in [5.74, 6) is -0.160. The van der Waals surface area contributed by atoms with Crippen LogP contribution < -0.4 is 5.73 Å². The van der Waals surface area contributed by atoms with Gasteiger partial charge in [-0.3, -0.25) is 0 Å². The van der Waals surface area contributed by atoms with Gasteiger partial charge in [0.05, 0.1) is 0 Å². The average molecular weight is 249 g/mol. The maximum Gasteiger partial charge on any atom is 0.123 e. The number of nitrogens with two attached hydrogens (primary N) is 1. The lowest BCUT2D eigenvalue weighted by Crippen LogP contribution is -2.47. The van der Waals surface area contributed by atoms with Crippen LogP contribution in [0.2, 0.25) is 0 Å². The molecule has 1 aromatic carbocycles. The fraction of sp³-hybridized carbons (Fsp3) is 0.625. The van der Waals surface area contributed by atoms with Crippen LogP contribution >= 0.6 is 0 Å². The molecule has 100 valence electrons. The van der Waals surface area contributed by atoms with E-state index in [9.17, 15) is 4.39 Å². The zero-order valence-electron chi connectivity index (χ0n) is 11.7. The molecule has 0 aromatic heterocycles. The van der Waals surface area contributed by atoms with Crippen molar-refractivity contribution in [3.8, 4) is 0 Å². The van der Waals surface area contributed by atoms with Crippen LogP contribution in [-0.2, 0) is 6.42 Å². The van der Waals surface area contributed by atoms with Gasteiger partial charge in [-0.1, -0.05) is 19.9 Å². The van der Waals surface area contributed by atoms with Crippen molar-refractivity contribution in [1.29, 1.82) is 0 Å². The van der Waals surface area contributed by atoms with Crippen LogP contribution in [-0.4, -0.2) is 5.54 Å². The van der Waals surface area contributed by atoms with Crippen molar-refractivity contribution in [2.75, 3.05) is 0 Å². The van der Waals surface area contributed by atoms with E-state index in [2.05, 4.69) is 13.8 Å². The minimum atomic E-state index is -0.160. The van der Waals surface area contributed by atoms with E-state index in [-0.39, 0.29) is 11.4 Å². The lowest BCUT2D eigenvalue weighted by molar-refractivity contribution is 0.164. The van der Waals surface area contributed by atoms with Gasteiger partial charge in [0, 0.05) is 5.54 Å². The zero-order valence-corrected chi connectivity index (χ0v) is 11.7. The Kier molecular flexibility index (Phi) is 3.50. The van der Waals surface area contributed by atoms with Crippen molar-refractivity contribution < 1.29 is 4.39 Å². The molecule has 2 heteroatoms. The molecule has 0 spiro atoms. The Morgan fingerprint density at radius 2 is 1.78 bits per heavy atom. The molecule has 0 bridgehead atoms. The Hall–Kier alpha value is -0.890. The largest absolute Gasteiger partial charge is 0.325 e. The van der Waals surface area contributed by atoms with Crippen LogP contribution in [0.1, 0.15) is 50.7 Å². The lowest BCUT2D eigenvalue weighted by Gasteiger charge is -2.41. The second-order valence-corrected chi connectivity index (χ2v) is 6.77. The molecule has 0 unspecified atom stereocenters. The van der Waals surface area contributed by atoms with Crippen LogP contribution in [0.5, 0.6) is 0 Å². The summed E-state index contributed by atoms with van der Waals surface area (Å²) in [6.07, 6.45) is 5.37. The third-order valence-corrected chi connectivity index (χ3v) is 4.45. The number of benzene rings is 1. The van der Waals surface area contributed by atoms with Crippen molar-refractivity contribution in [3.05, 3.63) is 35.1 Å². The van der Waals surface area contributed by atoms with Crippen molar-refractivity contribution >= 4 is 0 Å². The van der Waals surface area contributed by atoms with Crippen LogP contribution in [0.4, 0.5) is 4.39 Å². The molecule has 0 atom stereocenters. The van der Waals surface area contributed by atoms with E-state index < -0.39 is 0 Å². The van der Waals surface area contributed by atoms with Crippen LogP contribution in [0, 0.1) is 18.2 Å². The Morgan fingerprint density at radius 3 is 2.33 bits per heavy atom. The Morgan fingerprint density at radius 1 is 1.17 bits per heavy atom. The first kappa shape index (κ1) is 13.5. The Labute approximate surface area is 110 Å². The maximum absolute atomic E-state index is 13.1. The van der Waals surface area contributed by atoms with Crippen molar-refractivity contribution in [2.45, 2.75) is 58.4 Å². The summed E-state index contributed by atoms with van der Waals surface area (Å²) in [6, 6.07) is 5.03. The van der Waals surface area contributed by atoms with E-state index >= 15 is 0 Å². The molecule has 1 aromatic rings. The van der Waals surface area contributed by atoms with Gasteiger partial charge in [-0.05, 0) is 67.7 Å². The van der Waals surface area contributed by atoms with Crippen LogP contribution in [0.3, 0.4) is 0 Å². The normalized spacial score (nSPS) is 21.8. The van der Waals surface area contributed by atoms with E-state index in [0.29, 0.717) is 5.41 Å². The molecule has 1 aliphatic carbocycles. The zero-order chi connectivity index (χ0) is 13.4. The predicted octanol–water partition coefficient (Wildman–Crippen LogP) is 3.97. The average Bonchev–Trinajstić information content (AvgIpc) is 2.28. The first-order valence-electron chi connectivity index (χ1n) is 6.84. The molecule has 1 saturated carbocycles. The fourth-order valence-electron chi connectivity index (χ4n) is 2.84. The quantitative estimate of drug-likeness (QED) is 0.843. The minimum absolute atomic E-state index is 0.0991.